The highest BCUT2D eigenvalue weighted by atomic mass is 32.1. The van der Waals surface area contributed by atoms with Crippen molar-refractivity contribution in [3.63, 3.8) is 0 Å². The monoisotopic (exact) mass is 233 g/mol. The average molecular weight is 233 g/mol. The molecule has 0 unspecified atom stereocenters. The molecule has 2 N–H and O–H groups in total. The molecule has 2 aromatic rings. The summed E-state index contributed by atoms with van der Waals surface area (Å²) in [5.74, 6) is 0.848. The van der Waals surface area contributed by atoms with Gasteiger partial charge < -0.3 is 5.73 Å². The van der Waals surface area contributed by atoms with E-state index in [0.717, 1.165) is 18.7 Å². The normalized spacial score (nSPS) is 10.6. The number of aromatic nitrogens is 2. The summed E-state index contributed by atoms with van der Waals surface area (Å²) in [6, 6.07) is 6.55. The summed E-state index contributed by atoms with van der Waals surface area (Å²) in [7, 11) is 0. The van der Waals surface area contributed by atoms with Crippen molar-refractivity contribution in [2.24, 2.45) is 0 Å². The molecule has 0 saturated heterocycles. The lowest BCUT2D eigenvalue weighted by molar-refractivity contribution is 0.889. The zero-order valence-electron chi connectivity index (χ0n) is 9.53. The van der Waals surface area contributed by atoms with Gasteiger partial charge in [-0.2, -0.15) is 4.37 Å². The van der Waals surface area contributed by atoms with Gasteiger partial charge in [0, 0.05) is 18.0 Å². The Balaban J connectivity index is 2.02. The fraction of sp³-hybridized carbons (Fsp3) is 0.333. The molecule has 1 aromatic carbocycles. The van der Waals surface area contributed by atoms with Crippen molar-refractivity contribution in [3.05, 3.63) is 40.7 Å². The molecule has 0 spiro atoms. The number of anilines is 1. The first kappa shape index (κ1) is 11.1. The molecule has 0 bridgehead atoms. The van der Waals surface area contributed by atoms with Crippen LogP contribution in [0.1, 0.15) is 22.5 Å². The molecule has 0 aliphatic heterocycles. The van der Waals surface area contributed by atoms with Crippen LogP contribution in [0.2, 0.25) is 0 Å². The van der Waals surface area contributed by atoms with Gasteiger partial charge in [-0.1, -0.05) is 18.2 Å². The van der Waals surface area contributed by atoms with Crippen LogP contribution < -0.4 is 5.73 Å². The van der Waals surface area contributed by atoms with Gasteiger partial charge in [-0.25, -0.2) is 4.98 Å². The third kappa shape index (κ3) is 2.58. The Morgan fingerprint density at radius 1 is 1.19 bits per heavy atom. The zero-order valence-corrected chi connectivity index (χ0v) is 10.3. The number of hydrogen-bond acceptors (Lipinski definition) is 4. The molecule has 0 aliphatic carbocycles. The molecule has 3 nitrogen and oxygen atoms in total. The van der Waals surface area contributed by atoms with E-state index in [4.69, 9.17) is 5.73 Å². The molecular formula is C12H15N3S. The van der Waals surface area contributed by atoms with Gasteiger partial charge in [0.15, 0.2) is 5.13 Å². The lowest BCUT2D eigenvalue weighted by Crippen LogP contribution is -1.95. The molecule has 0 aliphatic rings. The lowest BCUT2D eigenvalue weighted by atomic mass is 10.0. The highest BCUT2D eigenvalue weighted by Gasteiger charge is 2.02. The molecule has 2 rings (SSSR count). The summed E-state index contributed by atoms with van der Waals surface area (Å²) in [6.07, 6.45) is 1.83. The van der Waals surface area contributed by atoms with E-state index < -0.39 is 0 Å². The smallest absolute Gasteiger partial charge is 0.199 e. The summed E-state index contributed by atoms with van der Waals surface area (Å²) in [5.41, 5.74) is 9.54. The van der Waals surface area contributed by atoms with E-state index in [1.54, 1.807) is 0 Å². The highest BCUT2D eigenvalue weighted by Crippen LogP contribution is 2.13. The quantitative estimate of drug-likeness (QED) is 0.886. The van der Waals surface area contributed by atoms with Crippen molar-refractivity contribution >= 4 is 16.7 Å². The molecule has 0 fully saturated rings. The SMILES string of the molecule is Cc1ccc(CCc2nsc(N)n2)cc1C. The molecule has 0 radical (unpaired) electrons. The van der Waals surface area contributed by atoms with E-state index in [0.29, 0.717) is 5.13 Å². The van der Waals surface area contributed by atoms with E-state index in [9.17, 15) is 0 Å². The Labute approximate surface area is 99.5 Å². The van der Waals surface area contributed by atoms with Crippen molar-refractivity contribution in [2.75, 3.05) is 5.73 Å². The van der Waals surface area contributed by atoms with E-state index >= 15 is 0 Å². The van der Waals surface area contributed by atoms with E-state index in [1.807, 2.05) is 0 Å². The molecule has 1 aromatic heterocycles. The fourth-order valence-electron chi connectivity index (χ4n) is 1.58. The average Bonchev–Trinajstić information content (AvgIpc) is 2.66. The van der Waals surface area contributed by atoms with Crippen molar-refractivity contribution in [1.82, 2.24) is 9.36 Å². The van der Waals surface area contributed by atoms with Crippen LogP contribution in [-0.4, -0.2) is 9.36 Å². The number of nitrogen functional groups attached to an aromatic ring is 1. The Morgan fingerprint density at radius 2 is 2.00 bits per heavy atom. The number of nitrogens with two attached hydrogens (primary N) is 1. The Bertz CT molecular complexity index is 491. The number of benzene rings is 1. The van der Waals surface area contributed by atoms with Crippen molar-refractivity contribution in [2.45, 2.75) is 26.7 Å². The Morgan fingerprint density at radius 3 is 2.62 bits per heavy atom. The first-order valence-corrected chi connectivity index (χ1v) is 6.06. The van der Waals surface area contributed by atoms with Gasteiger partial charge in [0.1, 0.15) is 5.82 Å². The second-order valence-corrected chi connectivity index (χ2v) is 4.75. The maximum Gasteiger partial charge on any atom is 0.199 e. The van der Waals surface area contributed by atoms with Gasteiger partial charge in [0.05, 0.1) is 0 Å². The summed E-state index contributed by atoms with van der Waals surface area (Å²) >= 11 is 1.26. The van der Waals surface area contributed by atoms with Crippen LogP contribution in [0.5, 0.6) is 0 Å². The molecule has 16 heavy (non-hydrogen) atoms. The number of aryl methyl sites for hydroxylation is 4. The summed E-state index contributed by atoms with van der Waals surface area (Å²) in [6.45, 7) is 4.26. The minimum Gasteiger partial charge on any atom is -0.374 e. The minimum absolute atomic E-state index is 0.551. The van der Waals surface area contributed by atoms with Gasteiger partial charge in [-0.05, 0) is 37.0 Å². The largest absolute Gasteiger partial charge is 0.374 e. The molecule has 0 atom stereocenters. The van der Waals surface area contributed by atoms with Gasteiger partial charge in [-0.3, -0.25) is 0 Å². The van der Waals surface area contributed by atoms with E-state index in [-0.39, 0.29) is 0 Å². The van der Waals surface area contributed by atoms with Crippen LogP contribution in [0.25, 0.3) is 0 Å². The number of nitrogens with zero attached hydrogens (tertiary/aromatic N) is 2. The van der Waals surface area contributed by atoms with Gasteiger partial charge in [0.2, 0.25) is 0 Å². The third-order valence-corrected chi connectivity index (χ3v) is 3.27. The predicted octanol–water partition coefficient (Wildman–Crippen LogP) is 2.52. The van der Waals surface area contributed by atoms with Crippen LogP contribution >= 0.6 is 11.5 Å². The van der Waals surface area contributed by atoms with Crippen molar-refractivity contribution < 1.29 is 0 Å². The first-order chi connectivity index (χ1) is 7.65. The molecule has 4 heteroatoms. The molecular weight excluding hydrogens is 218 g/mol. The number of hydrogen-bond donors (Lipinski definition) is 1. The summed E-state index contributed by atoms with van der Waals surface area (Å²) < 4.78 is 4.18. The number of rotatable bonds is 3. The van der Waals surface area contributed by atoms with Crippen LogP contribution in [0.4, 0.5) is 5.13 Å². The summed E-state index contributed by atoms with van der Waals surface area (Å²) in [4.78, 5) is 4.15. The van der Waals surface area contributed by atoms with Crippen LogP contribution in [0.15, 0.2) is 18.2 Å². The van der Waals surface area contributed by atoms with Gasteiger partial charge in [-0.15, -0.1) is 0 Å². The van der Waals surface area contributed by atoms with Crippen molar-refractivity contribution in [1.29, 1.82) is 0 Å². The molecule has 0 saturated carbocycles. The second kappa shape index (κ2) is 4.61. The van der Waals surface area contributed by atoms with E-state index in [2.05, 4.69) is 41.4 Å². The molecule has 1 heterocycles. The zero-order chi connectivity index (χ0) is 11.5. The summed E-state index contributed by atoms with van der Waals surface area (Å²) in [5, 5.41) is 0.551. The maximum atomic E-state index is 5.54. The first-order valence-electron chi connectivity index (χ1n) is 5.29. The predicted molar refractivity (Wildman–Crippen MR) is 67.6 cm³/mol. The maximum absolute atomic E-state index is 5.54. The highest BCUT2D eigenvalue weighted by molar-refractivity contribution is 7.09. The van der Waals surface area contributed by atoms with Crippen LogP contribution in [0.3, 0.4) is 0 Å². The molecule has 84 valence electrons. The van der Waals surface area contributed by atoms with E-state index in [1.165, 1.54) is 28.2 Å². The molecule has 0 amide bonds. The van der Waals surface area contributed by atoms with Crippen LogP contribution in [-0.2, 0) is 12.8 Å². The third-order valence-electron chi connectivity index (χ3n) is 2.69. The topological polar surface area (TPSA) is 51.8 Å². The Kier molecular flexibility index (Phi) is 3.19. The van der Waals surface area contributed by atoms with Gasteiger partial charge in [0.25, 0.3) is 0 Å². The minimum atomic E-state index is 0.551. The van der Waals surface area contributed by atoms with Crippen LogP contribution in [0, 0.1) is 13.8 Å². The standard InChI is InChI=1S/C12H15N3S/c1-8-3-4-10(7-9(8)2)5-6-11-14-12(13)16-15-11/h3-4,7H,5-6H2,1-2H3,(H2,13,14,15). The van der Waals surface area contributed by atoms with Gasteiger partial charge >= 0.3 is 0 Å². The van der Waals surface area contributed by atoms with Crippen molar-refractivity contribution in [3.8, 4) is 0 Å². The second-order valence-electron chi connectivity index (χ2n) is 3.97. The fourth-order valence-corrected chi connectivity index (χ4v) is 2.06. The lowest BCUT2D eigenvalue weighted by Gasteiger charge is -2.03. The Hall–Kier alpha value is -1.42.